The maximum absolute atomic E-state index is 11.1. The number of aryl methyl sites for hydroxylation is 1. The van der Waals surface area contributed by atoms with Gasteiger partial charge in [-0.25, -0.2) is 9.78 Å². The maximum Gasteiger partial charge on any atom is 0.335 e. The summed E-state index contributed by atoms with van der Waals surface area (Å²) in [6.07, 6.45) is 7.33. The third kappa shape index (κ3) is 2.34. The standard InChI is InChI=1S/C15H14N2O2.ClH/c1-10-13-8-12(15(18)19)3-2-11(13)4-5-14(10)17-7-6-16-9-17;/h2-3,6-9H,4-5H2,1H3,(H,18,19);1H. The summed E-state index contributed by atoms with van der Waals surface area (Å²) < 4.78 is 2.01. The van der Waals surface area contributed by atoms with Gasteiger partial charge in [-0.05, 0) is 48.6 Å². The Morgan fingerprint density at radius 3 is 2.80 bits per heavy atom. The zero-order valence-corrected chi connectivity index (χ0v) is 11.9. The Balaban J connectivity index is 0.00000147. The van der Waals surface area contributed by atoms with Gasteiger partial charge < -0.3 is 9.67 Å². The number of fused-ring (bicyclic) bond motifs is 1. The molecule has 0 saturated carbocycles. The van der Waals surface area contributed by atoms with E-state index >= 15 is 0 Å². The van der Waals surface area contributed by atoms with Crippen LogP contribution in [-0.2, 0) is 6.42 Å². The summed E-state index contributed by atoms with van der Waals surface area (Å²) in [4.78, 5) is 15.1. The predicted octanol–water partition coefficient (Wildman–Crippen LogP) is 3.34. The molecule has 1 aliphatic carbocycles. The number of imidazole rings is 1. The fraction of sp³-hybridized carbons (Fsp3) is 0.200. The topological polar surface area (TPSA) is 55.1 Å². The number of aromatic nitrogens is 2. The number of carbonyl (C=O) groups is 1. The molecule has 4 nitrogen and oxygen atoms in total. The summed E-state index contributed by atoms with van der Waals surface area (Å²) in [5.74, 6) is -0.884. The SMILES string of the molecule is CC1=C(n2ccnc2)CCc2ccc(C(=O)O)cc21.Cl. The van der Waals surface area contributed by atoms with E-state index in [0.717, 1.165) is 24.0 Å². The Morgan fingerprint density at radius 1 is 1.35 bits per heavy atom. The van der Waals surface area contributed by atoms with Gasteiger partial charge in [0.2, 0.25) is 0 Å². The molecule has 1 aromatic heterocycles. The van der Waals surface area contributed by atoms with Crippen molar-refractivity contribution in [1.29, 1.82) is 0 Å². The van der Waals surface area contributed by atoms with Crippen molar-refractivity contribution in [1.82, 2.24) is 9.55 Å². The molecule has 0 aliphatic heterocycles. The molecule has 0 amide bonds. The van der Waals surface area contributed by atoms with Crippen molar-refractivity contribution in [3.05, 3.63) is 53.6 Å². The van der Waals surface area contributed by atoms with E-state index in [9.17, 15) is 4.79 Å². The molecule has 5 heteroatoms. The van der Waals surface area contributed by atoms with E-state index in [-0.39, 0.29) is 12.4 Å². The maximum atomic E-state index is 11.1. The van der Waals surface area contributed by atoms with Crippen LogP contribution in [-0.4, -0.2) is 20.6 Å². The molecule has 0 atom stereocenters. The fourth-order valence-corrected chi connectivity index (χ4v) is 2.61. The van der Waals surface area contributed by atoms with Crippen molar-refractivity contribution < 1.29 is 9.90 Å². The van der Waals surface area contributed by atoms with Crippen molar-refractivity contribution in [2.75, 3.05) is 0 Å². The van der Waals surface area contributed by atoms with E-state index in [1.54, 1.807) is 24.7 Å². The largest absolute Gasteiger partial charge is 0.478 e. The van der Waals surface area contributed by atoms with E-state index in [1.807, 2.05) is 23.8 Å². The van der Waals surface area contributed by atoms with Crippen LogP contribution in [0.3, 0.4) is 0 Å². The number of rotatable bonds is 2. The number of halogens is 1. The number of nitrogens with zero attached hydrogens (tertiary/aromatic N) is 2. The smallest absolute Gasteiger partial charge is 0.335 e. The Kier molecular flexibility index (Phi) is 3.95. The van der Waals surface area contributed by atoms with Crippen LogP contribution < -0.4 is 0 Å². The van der Waals surface area contributed by atoms with E-state index in [0.29, 0.717) is 5.56 Å². The van der Waals surface area contributed by atoms with Crippen LogP contribution in [0.1, 0.15) is 34.8 Å². The van der Waals surface area contributed by atoms with Gasteiger partial charge in [-0.2, -0.15) is 0 Å². The third-order valence-electron chi connectivity index (χ3n) is 3.64. The van der Waals surface area contributed by atoms with Gasteiger partial charge in [-0.15, -0.1) is 12.4 Å². The lowest BCUT2D eigenvalue weighted by molar-refractivity contribution is 0.0697. The molecule has 104 valence electrons. The van der Waals surface area contributed by atoms with Crippen molar-refractivity contribution in [3.63, 3.8) is 0 Å². The quantitative estimate of drug-likeness (QED) is 0.923. The monoisotopic (exact) mass is 290 g/mol. The summed E-state index contributed by atoms with van der Waals surface area (Å²) in [5.41, 5.74) is 4.90. The number of carboxylic acids is 1. The van der Waals surface area contributed by atoms with Crippen LogP contribution in [0.2, 0.25) is 0 Å². The average molecular weight is 291 g/mol. The lowest BCUT2D eigenvalue weighted by atomic mass is 9.88. The minimum Gasteiger partial charge on any atom is -0.478 e. The van der Waals surface area contributed by atoms with Crippen LogP contribution in [0.25, 0.3) is 11.3 Å². The van der Waals surface area contributed by atoms with Crippen LogP contribution in [0.4, 0.5) is 0 Å². The van der Waals surface area contributed by atoms with Gasteiger partial charge in [0.05, 0.1) is 11.9 Å². The van der Waals surface area contributed by atoms with Crippen molar-refractivity contribution in [3.8, 4) is 0 Å². The minimum atomic E-state index is -0.884. The van der Waals surface area contributed by atoms with Gasteiger partial charge in [0.1, 0.15) is 0 Å². The molecule has 0 unspecified atom stereocenters. The molecule has 1 aromatic carbocycles. The van der Waals surface area contributed by atoms with Gasteiger partial charge in [-0.3, -0.25) is 0 Å². The van der Waals surface area contributed by atoms with Crippen LogP contribution in [0.15, 0.2) is 36.9 Å². The molecule has 1 aliphatic rings. The lowest BCUT2D eigenvalue weighted by Gasteiger charge is -2.22. The van der Waals surface area contributed by atoms with E-state index in [4.69, 9.17) is 5.11 Å². The van der Waals surface area contributed by atoms with Crippen LogP contribution in [0, 0.1) is 0 Å². The lowest BCUT2D eigenvalue weighted by Crippen LogP contribution is -2.08. The molecule has 2 aromatic rings. The van der Waals surface area contributed by atoms with Crippen molar-refractivity contribution in [2.45, 2.75) is 19.8 Å². The summed E-state index contributed by atoms with van der Waals surface area (Å²) in [6, 6.07) is 5.37. The third-order valence-corrected chi connectivity index (χ3v) is 3.64. The highest BCUT2D eigenvalue weighted by Gasteiger charge is 2.18. The average Bonchev–Trinajstić information content (AvgIpc) is 2.92. The Morgan fingerprint density at radius 2 is 2.15 bits per heavy atom. The molecular weight excluding hydrogens is 276 g/mol. The fourth-order valence-electron chi connectivity index (χ4n) is 2.61. The Bertz CT molecular complexity index is 675. The number of hydrogen-bond acceptors (Lipinski definition) is 2. The highest BCUT2D eigenvalue weighted by Crippen LogP contribution is 2.33. The number of allylic oxidation sites excluding steroid dienone is 2. The molecule has 3 rings (SSSR count). The molecule has 0 spiro atoms. The first-order valence-electron chi connectivity index (χ1n) is 6.21. The van der Waals surface area contributed by atoms with Crippen LogP contribution >= 0.6 is 12.4 Å². The van der Waals surface area contributed by atoms with E-state index in [1.165, 1.54) is 11.3 Å². The van der Waals surface area contributed by atoms with Gasteiger partial charge in [0.25, 0.3) is 0 Å². The minimum absolute atomic E-state index is 0. The molecule has 0 radical (unpaired) electrons. The summed E-state index contributed by atoms with van der Waals surface area (Å²) in [6.45, 7) is 2.04. The summed E-state index contributed by atoms with van der Waals surface area (Å²) >= 11 is 0. The number of hydrogen-bond donors (Lipinski definition) is 1. The van der Waals surface area contributed by atoms with Crippen molar-refractivity contribution in [2.24, 2.45) is 0 Å². The first-order valence-corrected chi connectivity index (χ1v) is 6.21. The highest BCUT2D eigenvalue weighted by atomic mass is 35.5. The second kappa shape index (κ2) is 5.51. The second-order valence-corrected chi connectivity index (χ2v) is 4.72. The first kappa shape index (κ1) is 14.3. The highest BCUT2D eigenvalue weighted by molar-refractivity contribution is 5.92. The Hall–Kier alpha value is -2.07. The van der Waals surface area contributed by atoms with Crippen LogP contribution in [0.5, 0.6) is 0 Å². The molecule has 20 heavy (non-hydrogen) atoms. The Labute approximate surface area is 123 Å². The molecule has 1 N–H and O–H groups in total. The number of aromatic carboxylic acids is 1. The summed E-state index contributed by atoms with van der Waals surface area (Å²) in [7, 11) is 0. The normalized spacial score (nSPS) is 13.7. The van der Waals surface area contributed by atoms with Gasteiger partial charge in [0, 0.05) is 18.1 Å². The van der Waals surface area contributed by atoms with Gasteiger partial charge in [0.15, 0.2) is 0 Å². The molecule has 0 saturated heterocycles. The van der Waals surface area contributed by atoms with Gasteiger partial charge >= 0.3 is 5.97 Å². The number of benzene rings is 1. The predicted molar refractivity (Wildman–Crippen MR) is 80.0 cm³/mol. The molecule has 0 fully saturated rings. The molecule has 1 heterocycles. The molecule has 0 bridgehead atoms. The molecular formula is C15H15ClN2O2. The second-order valence-electron chi connectivity index (χ2n) is 4.72. The number of carboxylic acid groups (broad SMARTS) is 1. The summed E-state index contributed by atoms with van der Waals surface area (Å²) in [5, 5.41) is 9.09. The van der Waals surface area contributed by atoms with E-state index in [2.05, 4.69) is 4.98 Å². The zero-order valence-electron chi connectivity index (χ0n) is 11.0. The van der Waals surface area contributed by atoms with Crippen molar-refractivity contribution >= 4 is 29.6 Å². The first-order chi connectivity index (χ1) is 9.16. The van der Waals surface area contributed by atoms with Gasteiger partial charge in [-0.1, -0.05) is 6.07 Å². The van der Waals surface area contributed by atoms with E-state index < -0.39 is 5.97 Å². The zero-order chi connectivity index (χ0) is 13.4.